The number of amidine groups is 2. The molecule has 0 aliphatic heterocycles. The van der Waals surface area contributed by atoms with E-state index in [-0.39, 0.29) is 5.84 Å². The predicted molar refractivity (Wildman–Crippen MR) is 100 cm³/mol. The zero-order chi connectivity index (χ0) is 18.2. The molecule has 0 saturated carbocycles. The van der Waals surface area contributed by atoms with E-state index in [4.69, 9.17) is 22.7 Å². The van der Waals surface area contributed by atoms with E-state index in [2.05, 4.69) is 21.6 Å². The molecule has 0 heterocycles. The number of benzene rings is 2. The van der Waals surface area contributed by atoms with Crippen LogP contribution in [0.2, 0.25) is 0 Å². The fraction of sp³-hybridized carbons (Fsp3) is 0.167. The van der Waals surface area contributed by atoms with Gasteiger partial charge in [0.2, 0.25) is 0 Å². The summed E-state index contributed by atoms with van der Waals surface area (Å²) >= 11 is 0. The summed E-state index contributed by atoms with van der Waals surface area (Å²) in [5.74, 6) is 11.8. The van der Waals surface area contributed by atoms with Gasteiger partial charge in [0.15, 0.2) is 5.84 Å². The molecule has 2 aromatic carbocycles. The van der Waals surface area contributed by atoms with Crippen molar-refractivity contribution in [2.24, 2.45) is 27.5 Å². The summed E-state index contributed by atoms with van der Waals surface area (Å²) < 4.78 is 0. The molecular formula is C18H21N7. The van der Waals surface area contributed by atoms with Crippen LogP contribution in [0.4, 0.5) is 0 Å². The van der Waals surface area contributed by atoms with E-state index in [1.54, 1.807) is 0 Å². The molecule has 0 bridgehead atoms. The van der Waals surface area contributed by atoms with Crippen molar-refractivity contribution in [1.82, 2.24) is 5.43 Å². The first-order valence-corrected chi connectivity index (χ1v) is 7.74. The first-order chi connectivity index (χ1) is 12.1. The number of aryl methyl sites for hydroxylation is 1. The Hall–Kier alpha value is -3.37. The monoisotopic (exact) mass is 335 g/mol. The van der Waals surface area contributed by atoms with Gasteiger partial charge in [-0.25, -0.2) is 5.84 Å². The van der Waals surface area contributed by atoms with Crippen molar-refractivity contribution < 1.29 is 0 Å². The highest BCUT2D eigenvalue weighted by Gasteiger charge is 2.15. The Morgan fingerprint density at radius 3 is 2.56 bits per heavy atom. The van der Waals surface area contributed by atoms with Crippen molar-refractivity contribution in [3.05, 3.63) is 59.2 Å². The fourth-order valence-electron chi connectivity index (χ4n) is 2.53. The molecule has 0 saturated heterocycles. The lowest BCUT2D eigenvalue weighted by atomic mass is 9.93. The molecule has 128 valence electrons. The molecule has 7 heteroatoms. The molecule has 0 aliphatic rings. The third-order valence-corrected chi connectivity index (χ3v) is 3.69. The van der Waals surface area contributed by atoms with Crippen LogP contribution in [0.25, 0.3) is 11.1 Å². The smallest absolute Gasteiger partial charge is 0.150 e. The molecular weight excluding hydrogens is 314 g/mol. The second-order valence-corrected chi connectivity index (χ2v) is 5.39. The van der Waals surface area contributed by atoms with Crippen molar-refractivity contribution in [3.8, 4) is 17.2 Å². The average molecular weight is 335 g/mol. The van der Waals surface area contributed by atoms with E-state index in [1.807, 2.05) is 49.4 Å². The summed E-state index contributed by atoms with van der Waals surface area (Å²) in [7, 11) is 0. The van der Waals surface area contributed by atoms with E-state index in [0.29, 0.717) is 18.8 Å². The number of nitriles is 1. The van der Waals surface area contributed by atoms with Gasteiger partial charge >= 0.3 is 0 Å². The zero-order valence-electron chi connectivity index (χ0n) is 14.0. The predicted octanol–water partition coefficient (Wildman–Crippen LogP) is 1.36. The van der Waals surface area contributed by atoms with Crippen molar-refractivity contribution in [2.75, 3.05) is 6.54 Å². The number of nitrogens with two attached hydrogens (primary N) is 3. The van der Waals surface area contributed by atoms with Crippen LogP contribution in [0.15, 0.2) is 52.6 Å². The number of hydrogen-bond acceptors (Lipinski definition) is 5. The van der Waals surface area contributed by atoms with Gasteiger partial charge in [-0.15, -0.1) is 0 Å². The zero-order valence-corrected chi connectivity index (χ0v) is 14.0. The Bertz CT molecular complexity index is 847. The first kappa shape index (κ1) is 18.0. The van der Waals surface area contributed by atoms with Crippen LogP contribution >= 0.6 is 0 Å². The maximum atomic E-state index is 8.71. The van der Waals surface area contributed by atoms with E-state index in [0.717, 1.165) is 27.8 Å². The van der Waals surface area contributed by atoms with E-state index in [9.17, 15) is 0 Å². The van der Waals surface area contributed by atoms with E-state index >= 15 is 0 Å². The maximum Gasteiger partial charge on any atom is 0.150 e. The van der Waals surface area contributed by atoms with E-state index in [1.165, 1.54) is 0 Å². The second kappa shape index (κ2) is 8.47. The van der Waals surface area contributed by atoms with Gasteiger partial charge in [-0.2, -0.15) is 10.4 Å². The Labute approximate surface area is 146 Å². The number of hydrazine groups is 1. The summed E-state index contributed by atoms with van der Waals surface area (Å²) in [6, 6.07) is 15.6. The van der Waals surface area contributed by atoms with Crippen LogP contribution in [-0.4, -0.2) is 18.2 Å². The molecule has 0 radical (unpaired) electrons. The van der Waals surface area contributed by atoms with Crippen LogP contribution in [0.3, 0.4) is 0 Å². The number of nitrogens with zero attached hydrogens (tertiary/aromatic N) is 3. The summed E-state index contributed by atoms with van der Waals surface area (Å²) in [6.45, 7) is 2.34. The van der Waals surface area contributed by atoms with Gasteiger partial charge in [0.05, 0.1) is 19.0 Å². The molecule has 0 aromatic heterocycles. The summed E-state index contributed by atoms with van der Waals surface area (Å²) in [4.78, 5) is 4.40. The molecule has 0 amide bonds. The lowest BCUT2D eigenvalue weighted by Gasteiger charge is -2.16. The highest BCUT2D eigenvalue weighted by Crippen LogP contribution is 2.28. The molecule has 7 nitrogen and oxygen atoms in total. The SMILES string of the molecule is Cc1ccc(-c2ccccc2C(N)=NN)c(C(=NCCC#N)NN)c1. The third kappa shape index (κ3) is 4.13. The second-order valence-electron chi connectivity index (χ2n) is 5.39. The molecule has 0 aliphatic carbocycles. The number of nitrogens with one attached hydrogen (secondary N) is 1. The Morgan fingerprint density at radius 2 is 1.88 bits per heavy atom. The van der Waals surface area contributed by atoms with Crippen molar-refractivity contribution in [2.45, 2.75) is 13.3 Å². The summed E-state index contributed by atoms with van der Waals surface area (Å²) in [6.07, 6.45) is 0.315. The van der Waals surface area contributed by atoms with Gasteiger partial charge in [-0.05, 0) is 24.1 Å². The minimum atomic E-state index is 0.241. The average Bonchev–Trinajstić information content (AvgIpc) is 2.64. The maximum absolute atomic E-state index is 8.71. The lowest BCUT2D eigenvalue weighted by Crippen LogP contribution is -2.32. The van der Waals surface area contributed by atoms with Crippen LogP contribution in [0.1, 0.15) is 23.1 Å². The Kier molecular flexibility index (Phi) is 6.09. The van der Waals surface area contributed by atoms with Gasteiger partial charge in [0.25, 0.3) is 0 Å². The molecule has 2 rings (SSSR count). The quantitative estimate of drug-likeness (QED) is 0.215. The van der Waals surface area contributed by atoms with Crippen LogP contribution in [0.5, 0.6) is 0 Å². The van der Waals surface area contributed by atoms with Gasteiger partial charge in [0.1, 0.15) is 5.84 Å². The molecule has 0 atom stereocenters. The number of hydrazone groups is 1. The third-order valence-electron chi connectivity index (χ3n) is 3.69. The minimum absolute atomic E-state index is 0.241. The lowest BCUT2D eigenvalue weighted by molar-refractivity contribution is 0.958. The molecule has 0 unspecified atom stereocenters. The molecule has 2 aromatic rings. The minimum Gasteiger partial charge on any atom is -0.382 e. The number of hydrogen-bond donors (Lipinski definition) is 4. The largest absolute Gasteiger partial charge is 0.382 e. The normalized spacial score (nSPS) is 11.9. The van der Waals surface area contributed by atoms with Gasteiger partial charge < -0.3 is 17.0 Å². The Balaban J connectivity index is 2.65. The van der Waals surface area contributed by atoms with Gasteiger partial charge in [-0.3, -0.25) is 4.99 Å². The highest BCUT2D eigenvalue weighted by atomic mass is 15.2. The van der Waals surface area contributed by atoms with Gasteiger partial charge in [0, 0.05) is 11.1 Å². The molecule has 7 N–H and O–H groups in total. The molecule has 0 fully saturated rings. The molecule has 25 heavy (non-hydrogen) atoms. The summed E-state index contributed by atoms with van der Waals surface area (Å²) in [5.41, 5.74) is 12.9. The fourth-order valence-corrected chi connectivity index (χ4v) is 2.53. The van der Waals surface area contributed by atoms with Crippen molar-refractivity contribution in [1.29, 1.82) is 5.26 Å². The van der Waals surface area contributed by atoms with Crippen molar-refractivity contribution >= 4 is 11.7 Å². The van der Waals surface area contributed by atoms with Crippen LogP contribution < -0.4 is 22.8 Å². The first-order valence-electron chi connectivity index (χ1n) is 7.74. The van der Waals surface area contributed by atoms with E-state index < -0.39 is 0 Å². The summed E-state index contributed by atoms with van der Waals surface area (Å²) in [5, 5.41) is 12.3. The Morgan fingerprint density at radius 1 is 1.16 bits per heavy atom. The number of rotatable bonds is 5. The van der Waals surface area contributed by atoms with Crippen LogP contribution in [-0.2, 0) is 0 Å². The molecule has 0 spiro atoms. The number of aliphatic imine (C=N–C) groups is 1. The topological polar surface area (TPSA) is 139 Å². The standard InChI is InChI=1S/C18H21N7/c1-12-7-8-14(13-5-2-3-6-15(13)17(20)24-21)16(11-12)18(25-22)23-10-4-9-19/h2-3,5-8,11H,4,10,21-22H2,1H3,(H2,20,24)(H,23,25). The van der Waals surface area contributed by atoms with Crippen molar-refractivity contribution in [3.63, 3.8) is 0 Å². The van der Waals surface area contributed by atoms with Crippen LogP contribution in [0, 0.1) is 18.3 Å². The highest BCUT2D eigenvalue weighted by molar-refractivity contribution is 6.09. The van der Waals surface area contributed by atoms with Gasteiger partial charge in [-0.1, -0.05) is 42.0 Å².